The summed E-state index contributed by atoms with van der Waals surface area (Å²) in [5.41, 5.74) is 0. The lowest BCUT2D eigenvalue weighted by Gasteiger charge is -2.43. The van der Waals surface area contributed by atoms with Gasteiger partial charge < -0.3 is 10.6 Å². The maximum atomic E-state index is 3.68. The van der Waals surface area contributed by atoms with Crippen LogP contribution in [0.1, 0.15) is 19.8 Å². The zero-order valence-electron chi connectivity index (χ0n) is 7.84. The molecule has 2 aliphatic heterocycles. The van der Waals surface area contributed by atoms with E-state index in [4.69, 9.17) is 0 Å². The molecule has 0 aromatic heterocycles. The zero-order chi connectivity index (χ0) is 8.39. The van der Waals surface area contributed by atoms with Crippen LogP contribution in [-0.4, -0.2) is 43.3 Å². The van der Waals surface area contributed by atoms with Gasteiger partial charge in [-0.05, 0) is 6.42 Å². The molecule has 12 heavy (non-hydrogen) atoms. The van der Waals surface area contributed by atoms with E-state index >= 15 is 0 Å². The second-order valence-electron chi connectivity index (χ2n) is 4.00. The van der Waals surface area contributed by atoms with E-state index in [0.29, 0.717) is 6.04 Å². The molecule has 70 valence electrons. The van der Waals surface area contributed by atoms with Gasteiger partial charge in [-0.2, -0.15) is 0 Å². The highest BCUT2D eigenvalue weighted by Gasteiger charge is 2.28. The average molecular weight is 169 g/mol. The lowest BCUT2D eigenvalue weighted by Crippen LogP contribution is -2.64. The molecule has 3 heteroatoms. The first-order valence-electron chi connectivity index (χ1n) is 5.07. The van der Waals surface area contributed by atoms with Crippen molar-refractivity contribution in [1.29, 1.82) is 0 Å². The van der Waals surface area contributed by atoms with Gasteiger partial charge in [0.2, 0.25) is 0 Å². The van der Waals surface area contributed by atoms with Gasteiger partial charge in [0.1, 0.15) is 0 Å². The fourth-order valence-corrected chi connectivity index (χ4v) is 2.31. The Labute approximate surface area is 74.5 Å². The van der Waals surface area contributed by atoms with E-state index in [1.165, 1.54) is 25.9 Å². The maximum Gasteiger partial charge on any atom is 0.0482 e. The van der Waals surface area contributed by atoms with Crippen molar-refractivity contribution in [1.82, 2.24) is 15.5 Å². The molecule has 2 rings (SSSR count). The predicted molar refractivity (Wildman–Crippen MR) is 50.1 cm³/mol. The smallest absolute Gasteiger partial charge is 0.0482 e. The summed E-state index contributed by atoms with van der Waals surface area (Å²) in [6.07, 6.45) is 2.62. The van der Waals surface area contributed by atoms with E-state index in [1.54, 1.807) is 0 Å². The van der Waals surface area contributed by atoms with Gasteiger partial charge in [0.25, 0.3) is 0 Å². The Balaban J connectivity index is 1.87. The predicted octanol–water partition coefficient (Wildman–Crippen LogP) is -0.0104. The molecule has 2 bridgehead atoms. The topological polar surface area (TPSA) is 27.3 Å². The molecule has 0 aromatic carbocycles. The molecule has 0 aliphatic carbocycles. The van der Waals surface area contributed by atoms with Crippen molar-refractivity contribution in [2.45, 2.75) is 31.8 Å². The third-order valence-corrected chi connectivity index (χ3v) is 2.79. The molecule has 2 saturated heterocycles. The molecule has 0 amide bonds. The summed E-state index contributed by atoms with van der Waals surface area (Å²) in [7, 11) is 0. The molecule has 0 saturated carbocycles. The van der Waals surface area contributed by atoms with Crippen LogP contribution in [0, 0.1) is 0 Å². The van der Waals surface area contributed by atoms with Crippen molar-refractivity contribution in [2.24, 2.45) is 0 Å². The Morgan fingerprint density at radius 3 is 3.08 bits per heavy atom. The van der Waals surface area contributed by atoms with E-state index < -0.39 is 0 Å². The molecule has 2 heterocycles. The number of fused-ring (bicyclic) bond motifs is 2. The summed E-state index contributed by atoms with van der Waals surface area (Å²) < 4.78 is 0. The van der Waals surface area contributed by atoms with Crippen molar-refractivity contribution in [3.63, 3.8) is 0 Å². The molecular formula is C9H19N3. The van der Waals surface area contributed by atoms with Crippen molar-refractivity contribution in [3.05, 3.63) is 0 Å². The van der Waals surface area contributed by atoms with Gasteiger partial charge in [-0.3, -0.25) is 4.90 Å². The quantitative estimate of drug-likeness (QED) is 0.609. The van der Waals surface area contributed by atoms with Gasteiger partial charge in [-0.25, -0.2) is 0 Å². The summed E-state index contributed by atoms with van der Waals surface area (Å²) in [5.74, 6) is 0. The second-order valence-corrected chi connectivity index (χ2v) is 4.00. The van der Waals surface area contributed by atoms with Crippen LogP contribution in [0.3, 0.4) is 0 Å². The summed E-state index contributed by atoms with van der Waals surface area (Å²) in [5, 5.41) is 7.09. The standard InChI is InChI=1S/C9H19N3/c1-2-3-8-5-12-6-9(11-8)4-10-7-12/h8-11H,2-7H2,1H3. The largest absolute Gasteiger partial charge is 0.307 e. The van der Waals surface area contributed by atoms with Gasteiger partial charge in [-0.15, -0.1) is 0 Å². The van der Waals surface area contributed by atoms with E-state index in [-0.39, 0.29) is 0 Å². The Hall–Kier alpha value is -0.120. The molecule has 3 atom stereocenters. The van der Waals surface area contributed by atoms with Crippen molar-refractivity contribution in [3.8, 4) is 0 Å². The first kappa shape index (κ1) is 8.48. The first-order chi connectivity index (χ1) is 5.88. The van der Waals surface area contributed by atoms with Crippen LogP contribution in [0.15, 0.2) is 0 Å². The minimum Gasteiger partial charge on any atom is -0.307 e. The van der Waals surface area contributed by atoms with E-state index in [2.05, 4.69) is 22.5 Å². The third kappa shape index (κ3) is 1.79. The van der Waals surface area contributed by atoms with Crippen molar-refractivity contribution >= 4 is 0 Å². The van der Waals surface area contributed by atoms with Gasteiger partial charge in [0.05, 0.1) is 0 Å². The summed E-state index contributed by atoms with van der Waals surface area (Å²) in [6.45, 7) is 6.99. The molecule has 2 N–H and O–H groups in total. The summed E-state index contributed by atoms with van der Waals surface area (Å²) in [6, 6.07) is 1.44. The van der Waals surface area contributed by atoms with Crippen molar-refractivity contribution in [2.75, 3.05) is 26.3 Å². The second kappa shape index (κ2) is 3.73. The van der Waals surface area contributed by atoms with Gasteiger partial charge >= 0.3 is 0 Å². The van der Waals surface area contributed by atoms with Crippen LogP contribution < -0.4 is 10.6 Å². The van der Waals surface area contributed by atoms with E-state index in [9.17, 15) is 0 Å². The lowest BCUT2D eigenvalue weighted by atomic mass is 10.0. The van der Waals surface area contributed by atoms with E-state index in [0.717, 1.165) is 19.3 Å². The molecule has 3 unspecified atom stereocenters. The Morgan fingerprint density at radius 1 is 1.42 bits per heavy atom. The number of piperazine rings is 1. The van der Waals surface area contributed by atoms with Gasteiger partial charge in [0.15, 0.2) is 0 Å². The van der Waals surface area contributed by atoms with Crippen LogP contribution in [0.25, 0.3) is 0 Å². The van der Waals surface area contributed by atoms with Crippen molar-refractivity contribution < 1.29 is 0 Å². The molecule has 2 fully saturated rings. The van der Waals surface area contributed by atoms with Crippen LogP contribution in [0.4, 0.5) is 0 Å². The minimum absolute atomic E-state index is 0.698. The van der Waals surface area contributed by atoms with Gasteiger partial charge in [-0.1, -0.05) is 13.3 Å². The highest BCUT2D eigenvalue weighted by atomic mass is 15.3. The highest BCUT2D eigenvalue weighted by Crippen LogP contribution is 2.10. The summed E-state index contributed by atoms with van der Waals surface area (Å²) >= 11 is 0. The third-order valence-electron chi connectivity index (χ3n) is 2.79. The average Bonchev–Trinajstić information content (AvgIpc) is 2.04. The Morgan fingerprint density at radius 2 is 2.33 bits per heavy atom. The Bertz CT molecular complexity index is 137. The molecule has 0 radical (unpaired) electrons. The normalized spacial score (nSPS) is 41.2. The fraction of sp³-hybridized carbons (Fsp3) is 1.00. The number of nitrogens with one attached hydrogen (secondary N) is 2. The first-order valence-corrected chi connectivity index (χ1v) is 5.07. The van der Waals surface area contributed by atoms with Crippen LogP contribution >= 0.6 is 0 Å². The van der Waals surface area contributed by atoms with E-state index in [1.807, 2.05) is 0 Å². The zero-order valence-corrected chi connectivity index (χ0v) is 7.84. The fourth-order valence-electron chi connectivity index (χ4n) is 2.31. The maximum absolute atomic E-state index is 3.68. The summed E-state index contributed by atoms with van der Waals surface area (Å²) in [4.78, 5) is 2.52. The number of hydrogen-bond donors (Lipinski definition) is 2. The molecule has 0 aromatic rings. The minimum atomic E-state index is 0.698. The van der Waals surface area contributed by atoms with Gasteiger partial charge in [0, 0.05) is 38.4 Å². The number of hydrogen-bond acceptors (Lipinski definition) is 3. The SMILES string of the molecule is CCCC1CN2CNCC(C2)N1. The molecule has 0 spiro atoms. The monoisotopic (exact) mass is 169 g/mol. The lowest BCUT2D eigenvalue weighted by molar-refractivity contribution is 0.109. The number of nitrogens with zero attached hydrogens (tertiary/aromatic N) is 1. The van der Waals surface area contributed by atoms with Crippen LogP contribution in [-0.2, 0) is 0 Å². The Kier molecular flexibility index (Phi) is 2.63. The molecule has 3 nitrogen and oxygen atoms in total. The number of rotatable bonds is 2. The highest BCUT2D eigenvalue weighted by molar-refractivity contribution is 4.89. The molecular weight excluding hydrogens is 150 g/mol. The molecule has 2 aliphatic rings. The van der Waals surface area contributed by atoms with Crippen LogP contribution in [0.5, 0.6) is 0 Å². The van der Waals surface area contributed by atoms with Crippen LogP contribution in [0.2, 0.25) is 0 Å².